The summed E-state index contributed by atoms with van der Waals surface area (Å²) in [7, 11) is 0. The number of benzene rings is 1. The van der Waals surface area contributed by atoms with Crippen LogP contribution in [0.2, 0.25) is 0 Å². The van der Waals surface area contributed by atoms with Crippen LogP contribution < -0.4 is 0 Å². The first-order chi connectivity index (χ1) is 7.65. The largest absolute Gasteiger partial charge is 0.493 e. The third-order valence-corrected chi connectivity index (χ3v) is 1.83. The molecule has 0 aliphatic carbocycles. The Labute approximate surface area is 97.9 Å². The normalized spacial score (nSPS) is 8.88. The second kappa shape index (κ2) is 7.91. The predicted molar refractivity (Wildman–Crippen MR) is 67.6 cm³/mol. The van der Waals surface area contributed by atoms with Gasteiger partial charge in [0, 0.05) is 5.56 Å². The Morgan fingerprint density at radius 2 is 1.88 bits per heavy atom. The summed E-state index contributed by atoms with van der Waals surface area (Å²) in [5, 5.41) is 0. The van der Waals surface area contributed by atoms with Gasteiger partial charge in [-0.2, -0.15) is 0 Å². The Bertz CT molecular complexity index is 338. The molecule has 0 amide bonds. The van der Waals surface area contributed by atoms with Gasteiger partial charge in [-0.1, -0.05) is 26.0 Å². The van der Waals surface area contributed by atoms with E-state index in [9.17, 15) is 4.39 Å². The average molecular weight is 224 g/mol. The van der Waals surface area contributed by atoms with E-state index >= 15 is 0 Å². The molecule has 1 rings (SSSR count). The van der Waals surface area contributed by atoms with E-state index in [1.165, 1.54) is 12.1 Å². The predicted octanol–water partition coefficient (Wildman–Crippen LogP) is 4.64. The lowest BCUT2D eigenvalue weighted by molar-refractivity contribution is 0.295. The van der Waals surface area contributed by atoms with Crippen molar-refractivity contribution in [1.29, 1.82) is 0 Å². The molecule has 1 aromatic rings. The second-order valence-corrected chi connectivity index (χ2v) is 3.27. The summed E-state index contributed by atoms with van der Waals surface area (Å²) >= 11 is 0. The first-order valence-electron chi connectivity index (χ1n) is 5.71. The van der Waals surface area contributed by atoms with E-state index in [0.29, 0.717) is 6.61 Å². The molecule has 0 unspecified atom stereocenters. The molecular weight excluding hydrogens is 203 g/mol. The highest BCUT2D eigenvalue weighted by Crippen LogP contribution is 2.20. The van der Waals surface area contributed by atoms with Gasteiger partial charge >= 0.3 is 0 Å². The first kappa shape index (κ1) is 14.7. The van der Waals surface area contributed by atoms with Crippen molar-refractivity contribution in [2.75, 3.05) is 6.61 Å². The summed E-state index contributed by atoms with van der Waals surface area (Å²) in [5.74, 6) is 0.535. The SMILES string of the molecule is CC.CCOC(=C(C)C)c1cccc(F)c1. The molecule has 0 radical (unpaired) electrons. The molecule has 0 bridgehead atoms. The second-order valence-electron chi connectivity index (χ2n) is 3.27. The molecule has 0 aliphatic rings. The molecule has 1 aromatic carbocycles. The fourth-order valence-corrected chi connectivity index (χ4v) is 1.29. The highest BCUT2D eigenvalue weighted by molar-refractivity contribution is 5.62. The van der Waals surface area contributed by atoms with Crippen LogP contribution in [0.5, 0.6) is 0 Å². The van der Waals surface area contributed by atoms with Gasteiger partial charge in [-0.05, 0) is 38.5 Å². The topological polar surface area (TPSA) is 9.23 Å². The lowest BCUT2D eigenvalue weighted by atomic mass is 10.1. The van der Waals surface area contributed by atoms with E-state index in [2.05, 4.69) is 0 Å². The van der Waals surface area contributed by atoms with Gasteiger partial charge in [0.1, 0.15) is 11.6 Å². The minimum atomic E-state index is -0.235. The maximum Gasteiger partial charge on any atom is 0.125 e. The Kier molecular flexibility index (Phi) is 7.27. The number of hydrogen-bond donors (Lipinski definition) is 0. The molecular formula is C14H21FO. The molecule has 0 saturated carbocycles. The summed E-state index contributed by atoms with van der Waals surface area (Å²) in [5.41, 5.74) is 1.85. The summed E-state index contributed by atoms with van der Waals surface area (Å²) in [4.78, 5) is 0. The monoisotopic (exact) mass is 224 g/mol. The minimum absolute atomic E-state index is 0.235. The van der Waals surface area contributed by atoms with Crippen molar-refractivity contribution in [2.24, 2.45) is 0 Å². The zero-order valence-electron chi connectivity index (χ0n) is 10.8. The van der Waals surface area contributed by atoms with Gasteiger partial charge < -0.3 is 4.74 Å². The van der Waals surface area contributed by atoms with Crippen LogP contribution in [0.3, 0.4) is 0 Å². The average Bonchev–Trinajstić information content (AvgIpc) is 2.28. The summed E-state index contributed by atoms with van der Waals surface area (Å²) < 4.78 is 18.4. The molecule has 1 nitrogen and oxygen atoms in total. The quantitative estimate of drug-likeness (QED) is 0.680. The molecule has 2 heteroatoms. The number of allylic oxidation sites excluding steroid dienone is 1. The molecule has 90 valence electrons. The van der Waals surface area contributed by atoms with Crippen LogP contribution in [0.4, 0.5) is 4.39 Å². The molecule has 0 atom stereocenters. The molecule has 0 aromatic heterocycles. The smallest absolute Gasteiger partial charge is 0.125 e. The van der Waals surface area contributed by atoms with Crippen LogP contribution in [0.25, 0.3) is 5.76 Å². The lowest BCUT2D eigenvalue weighted by Crippen LogP contribution is -1.94. The van der Waals surface area contributed by atoms with Gasteiger partial charge in [-0.15, -0.1) is 0 Å². The van der Waals surface area contributed by atoms with E-state index in [0.717, 1.165) is 16.9 Å². The number of halogens is 1. The summed E-state index contributed by atoms with van der Waals surface area (Å²) in [6, 6.07) is 6.45. The van der Waals surface area contributed by atoms with Crippen LogP contribution in [0.15, 0.2) is 29.8 Å². The van der Waals surface area contributed by atoms with Crippen molar-refractivity contribution in [3.63, 3.8) is 0 Å². The molecule has 0 heterocycles. The number of ether oxygens (including phenoxy) is 1. The van der Waals surface area contributed by atoms with Crippen molar-refractivity contribution >= 4 is 5.76 Å². The summed E-state index contributed by atoms with van der Waals surface area (Å²) in [6.45, 7) is 10.4. The van der Waals surface area contributed by atoms with Gasteiger partial charge in [0.05, 0.1) is 6.61 Å². The van der Waals surface area contributed by atoms with E-state index in [1.54, 1.807) is 6.07 Å². The number of rotatable bonds is 3. The van der Waals surface area contributed by atoms with Crippen molar-refractivity contribution in [3.8, 4) is 0 Å². The van der Waals surface area contributed by atoms with Crippen molar-refractivity contribution in [3.05, 3.63) is 41.2 Å². The van der Waals surface area contributed by atoms with E-state index in [4.69, 9.17) is 4.74 Å². The van der Waals surface area contributed by atoms with Crippen LogP contribution in [0, 0.1) is 5.82 Å². The minimum Gasteiger partial charge on any atom is -0.493 e. The lowest BCUT2D eigenvalue weighted by Gasteiger charge is -2.10. The molecule has 0 N–H and O–H groups in total. The highest BCUT2D eigenvalue weighted by atomic mass is 19.1. The molecule has 16 heavy (non-hydrogen) atoms. The van der Waals surface area contributed by atoms with Gasteiger partial charge in [0.25, 0.3) is 0 Å². The molecule has 0 aliphatic heterocycles. The fraction of sp³-hybridized carbons (Fsp3) is 0.429. The molecule has 0 fully saturated rings. The maximum absolute atomic E-state index is 13.0. The first-order valence-corrected chi connectivity index (χ1v) is 5.71. The van der Waals surface area contributed by atoms with Crippen LogP contribution in [-0.2, 0) is 4.74 Å². The van der Waals surface area contributed by atoms with Crippen LogP contribution in [-0.4, -0.2) is 6.61 Å². The zero-order valence-corrected chi connectivity index (χ0v) is 10.8. The van der Waals surface area contributed by atoms with E-state index < -0.39 is 0 Å². The van der Waals surface area contributed by atoms with Gasteiger partial charge in [0.15, 0.2) is 0 Å². The van der Waals surface area contributed by atoms with Crippen molar-refractivity contribution < 1.29 is 9.13 Å². The Morgan fingerprint density at radius 3 is 2.31 bits per heavy atom. The Morgan fingerprint density at radius 1 is 1.25 bits per heavy atom. The van der Waals surface area contributed by atoms with Crippen LogP contribution in [0.1, 0.15) is 40.2 Å². The van der Waals surface area contributed by atoms with Gasteiger partial charge in [0.2, 0.25) is 0 Å². The van der Waals surface area contributed by atoms with E-state index in [1.807, 2.05) is 40.7 Å². The Hall–Kier alpha value is -1.31. The molecule has 0 saturated heterocycles. The third kappa shape index (κ3) is 4.47. The fourth-order valence-electron chi connectivity index (χ4n) is 1.29. The Balaban J connectivity index is 0.00000106. The summed E-state index contributed by atoms with van der Waals surface area (Å²) in [6.07, 6.45) is 0. The van der Waals surface area contributed by atoms with Gasteiger partial charge in [-0.3, -0.25) is 0 Å². The van der Waals surface area contributed by atoms with Crippen molar-refractivity contribution in [2.45, 2.75) is 34.6 Å². The maximum atomic E-state index is 13.0. The standard InChI is InChI=1S/C12H15FO.C2H6/c1-4-14-12(9(2)3)10-6-5-7-11(13)8-10;1-2/h5-8H,4H2,1-3H3;1-2H3. The third-order valence-electron chi connectivity index (χ3n) is 1.83. The van der Waals surface area contributed by atoms with Gasteiger partial charge in [-0.25, -0.2) is 4.39 Å². The van der Waals surface area contributed by atoms with Crippen molar-refractivity contribution in [1.82, 2.24) is 0 Å². The van der Waals surface area contributed by atoms with E-state index in [-0.39, 0.29) is 5.82 Å². The highest BCUT2D eigenvalue weighted by Gasteiger charge is 2.04. The number of hydrogen-bond acceptors (Lipinski definition) is 1. The van der Waals surface area contributed by atoms with Crippen LogP contribution >= 0.6 is 0 Å². The zero-order chi connectivity index (χ0) is 12.6. The molecule has 0 spiro atoms.